The Bertz CT molecular complexity index is 3100. The Morgan fingerprint density at radius 1 is 0.698 bits per heavy atom. The highest BCUT2D eigenvalue weighted by Gasteiger charge is 2.59. The topological polar surface area (TPSA) is 271 Å². The molecule has 2 bridgehead atoms. The fourth-order valence-electron chi connectivity index (χ4n) is 16.6. The van der Waals surface area contributed by atoms with Gasteiger partial charge in [0.1, 0.15) is 60.1 Å². The summed E-state index contributed by atoms with van der Waals surface area (Å²) < 4.78 is 126. The minimum Gasteiger partial charge on any atom is -0.382 e. The van der Waals surface area contributed by atoms with Gasteiger partial charge in [0, 0.05) is 83.1 Å². The Kier molecular flexibility index (Phi) is 31.2. The first-order chi connectivity index (χ1) is 49.5. The van der Waals surface area contributed by atoms with Crippen LogP contribution < -0.4 is 16.0 Å². The van der Waals surface area contributed by atoms with Crippen LogP contribution in [0.4, 0.5) is 35.1 Å². The summed E-state index contributed by atoms with van der Waals surface area (Å²) in [6, 6.07) is -10.6. The highest BCUT2D eigenvalue weighted by atomic mass is 19.4. The smallest absolute Gasteiger partial charge is 0.382 e. The molecule has 0 aromatic rings. The van der Waals surface area contributed by atoms with E-state index in [4.69, 9.17) is 9.47 Å². The normalized spacial score (nSPS) is 31.4. The molecule has 1 spiro atoms. The number of morpholine rings is 1. The summed E-state index contributed by atoms with van der Waals surface area (Å²) in [6.07, 6.45) is -14.0. The molecule has 6 rings (SSSR count). The highest BCUT2D eigenvalue weighted by Crippen LogP contribution is 2.50. The molecule has 0 aromatic carbocycles. The van der Waals surface area contributed by atoms with Gasteiger partial charge in [0.15, 0.2) is 0 Å². The van der Waals surface area contributed by atoms with Crippen molar-refractivity contribution in [1.29, 1.82) is 0 Å². The zero-order chi connectivity index (χ0) is 79.4. The third-order valence-electron chi connectivity index (χ3n) is 23.1. The fraction of sp³-hybridized carbons (Fsp3) is 0.822. The second kappa shape index (κ2) is 37.6. The largest absolute Gasteiger partial charge is 0.397 e. The molecule has 2 unspecified atom stereocenters. The maximum atomic E-state index is 15.6. The van der Waals surface area contributed by atoms with Gasteiger partial charge in [0.25, 0.3) is 0 Å². The lowest BCUT2D eigenvalue weighted by molar-refractivity contribution is -0.219. The van der Waals surface area contributed by atoms with E-state index in [-0.39, 0.29) is 103 Å². The summed E-state index contributed by atoms with van der Waals surface area (Å²) in [5.41, 5.74) is -2.37. The number of likely N-dealkylation sites (N-methyl/N-ethyl adjacent to an activating group) is 7. The number of rotatable bonds is 13. The van der Waals surface area contributed by atoms with Gasteiger partial charge in [-0.3, -0.25) is 52.7 Å². The summed E-state index contributed by atoms with van der Waals surface area (Å²) in [5, 5.41) is 8.82. The molecule has 0 aromatic heterocycles. The molecule has 602 valence electrons. The molecule has 33 heteroatoms. The van der Waals surface area contributed by atoms with Crippen LogP contribution in [0, 0.1) is 40.9 Å². The van der Waals surface area contributed by atoms with Crippen molar-refractivity contribution >= 4 is 65.0 Å². The van der Waals surface area contributed by atoms with Crippen LogP contribution in [0.15, 0.2) is 12.2 Å². The molecule has 11 atom stereocenters. The SMILES string of the molecule is CCC(CC)[C@H]1C(=O)N(C)[C@H](C(=O)N(C)C)CC(=O)N(C)[C@@H](COC)CN[C@@H]([C@@H](C)CC)C(=O)N(C)CC(=O)N(C)[C@H]2C/C=C\CCN(C2=O)[C@@H](CC2CCC(C(F)(F)F)CC2)C(=O)N(C)CC(=O)N[C@@H](CCC2CC(F)C(C(F)(F)F)C(F)C2)C(=O)N2CCOC[C@H]2C(=O)NC2(CC(C)(C)C2)C(=O)N1C. The number of alkyl halides is 8. The quantitative estimate of drug-likeness (QED) is 0.151. The van der Waals surface area contributed by atoms with E-state index in [0.29, 0.717) is 19.3 Å². The van der Waals surface area contributed by atoms with Crippen molar-refractivity contribution in [2.45, 2.75) is 229 Å². The van der Waals surface area contributed by atoms with Crippen molar-refractivity contribution in [3.63, 3.8) is 0 Å². The van der Waals surface area contributed by atoms with Gasteiger partial charge in [0.2, 0.25) is 65.0 Å². The number of hydrogen-bond acceptors (Lipinski definition) is 14. The summed E-state index contributed by atoms with van der Waals surface area (Å²) in [7, 11) is 12.5. The van der Waals surface area contributed by atoms with E-state index in [1.807, 2.05) is 41.5 Å². The number of fused-ring (bicyclic) bond motifs is 3. The molecule has 2 saturated heterocycles. The van der Waals surface area contributed by atoms with Crippen molar-refractivity contribution < 1.29 is 97.3 Å². The van der Waals surface area contributed by atoms with Crippen LogP contribution in [0.5, 0.6) is 0 Å². The fourth-order valence-corrected chi connectivity index (χ4v) is 16.6. The van der Waals surface area contributed by atoms with Crippen LogP contribution in [0.3, 0.4) is 0 Å². The number of halogens is 8. The summed E-state index contributed by atoms with van der Waals surface area (Å²) in [5.74, 6) is -15.6. The van der Waals surface area contributed by atoms with Crippen molar-refractivity contribution in [3.05, 3.63) is 12.2 Å². The first-order valence-electron chi connectivity index (χ1n) is 37.3. The highest BCUT2D eigenvalue weighted by molar-refractivity contribution is 6.00. The maximum absolute atomic E-state index is 15.6. The Hall–Kier alpha value is -6.77. The van der Waals surface area contributed by atoms with E-state index in [0.717, 1.165) is 19.6 Å². The minimum absolute atomic E-state index is 0.00604. The molecule has 11 amide bonds. The summed E-state index contributed by atoms with van der Waals surface area (Å²) in [4.78, 5) is 176. The van der Waals surface area contributed by atoms with Crippen LogP contribution in [-0.2, 0) is 62.2 Å². The molecule has 106 heavy (non-hydrogen) atoms. The van der Waals surface area contributed by atoms with Crippen LogP contribution in [0.1, 0.15) is 151 Å². The number of nitrogens with zero attached hydrogens (tertiary/aromatic N) is 9. The Balaban J connectivity index is 1.47. The maximum Gasteiger partial charge on any atom is 0.397 e. The predicted molar refractivity (Wildman–Crippen MR) is 375 cm³/mol. The number of nitrogens with one attached hydrogen (secondary N) is 3. The second-order valence-electron chi connectivity index (χ2n) is 31.5. The lowest BCUT2D eigenvalue weighted by atomic mass is 9.58. The molecule has 3 saturated carbocycles. The van der Waals surface area contributed by atoms with Crippen LogP contribution in [-0.4, -0.2) is 304 Å². The third kappa shape index (κ3) is 21.6. The second-order valence-corrected chi connectivity index (χ2v) is 31.5. The minimum atomic E-state index is -5.21. The van der Waals surface area contributed by atoms with E-state index in [1.165, 1.54) is 88.0 Å². The van der Waals surface area contributed by atoms with Gasteiger partial charge in [0.05, 0.1) is 57.3 Å². The van der Waals surface area contributed by atoms with E-state index in [2.05, 4.69) is 16.0 Å². The first-order valence-corrected chi connectivity index (χ1v) is 37.3. The van der Waals surface area contributed by atoms with Crippen molar-refractivity contribution in [2.75, 3.05) is 116 Å². The number of methoxy groups -OCH3 is 1. The van der Waals surface area contributed by atoms with E-state index >= 15 is 37.5 Å². The molecule has 3 heterocycles. The lowest BCUT2D eigenvalue weighted by Crippen LogP contribution is -2.72. The molecule has 3 aliphatic heterocycles. The zero-order valence-corrected chi connectivity index (χ0v) is 64.4. The van der Waals surface area contributed by atoms with Crippen LogP contribution in [0.2, 0.25) is 0 Å². The molecule has 25 nitrogen and oxygen atoms in total. The number of ether oxygens (including phenoxy) is 2. The van der Waals surface area contributed by atoms with E-state index < -0.39 is 224 Å². The standard InChI is InChI=1S/C73H116F8N12O13/c1-16-43(4)60-67(102)87(10)38-58(96)89(12)52-22-20-19-21-29-92(66(52)101)54(34-44-23-26-47(27-24-44)72(76,77)78)65(100)86(9)37-56(94)83-51(28-25-45-32-49(74)59(50(75)33-45)73(79,80)81)63(98)93-30-31-106-40-55(93)62(97)84-71(41-70(5,6)42-71)69(104)91(14)61(46(17-2)18-3)68(103)90(13)53(64(99)85(7)8)35-57(95)88(11)48(36-82-60)39-105-15/h19-20,43-55,59-61,82H,16-18,21-42H2,1-15H3,(H,83,94)(H,84,97)/b20-19-/t43-,44?,45?,47?,48+,49?,50?,51-,52-,53-,54-,55-,59?,60-,61-/m0/s1. The average molecular weight is 1520 g/mol. The monoisotopic (exact) mass is 1520 g/mol. The number of hydrogen-bond donors (Lipinski definition) is 3. The van der Waals surface area contributed by atoms with Gasteiger partial charge in [-0.15, -0.1) is 0 Å². The van der Waals surface area contributed by atoms with Gasteiger partial charge < -0.3 is 69.5 Å². The molecule has 3 N–H and O–H groups in total. The van der Waals surface area contributed by atoms with E-state index in [1.54, 1.807) is 12.2 Å². The Morgan fingerprint density at radius 2 is 1.31 bits per heavy atom. The number of amides is 11. The number of carbonyl (C=O) groups is 11. The number of carbonyl (C=O) groups excluding carboxylic acids is 11. The van der Waals surface area contributed by atoms with Crippen molar-refractivity contribution in [2.24, 2.45) is 40.9 Å². The predicted octanol–water partition coefficient (Wildman–Crippen LogP) is 5.53. The van der Waals surface area contributed by atoms with Gasteiger partial charge in [-0.05, 0) is 113 Å². The van der Waals surface area contributed by atoms with Gasteiger partial charge in [-0.1, -0.05) is 73.0 Å². The molecular weight excluding hydrogens is 1400 g/mol. The lowest BCUT2D eigenvalue weighted by Gasteiger charge is -2.54. The Labute approximate surface area is 618 Å². The third-order valence-corrected chi connectivity index (χ3v) is 23.1. The first kappa shape index (κ1) is 88.1. The van der Waals surface area contributed by atoms with Crippen LogP contribution >= 0.6 is 0 Å². The zero-order valence-electron chi connectivity index (χ0n) is 64.4. The Morgan fingerprint density at radius 3 is 1.87 bits per heavy atom. The van der Waals surface area contributed by atoms with Gasteiger partial charge in [-0.25, -0.2) is 8.78 Å². The summed E-state index contributed by atoms with van der Waals surface area (Å²) in [6.45, 7) is 8.31. The average Bonchev–Trinajstić information content (AvgIpc) is 0.732. The molecule has 3 aliphatic carbocycles. The van der Waals surface area contributed by atoms with Gasteiger partial charge in [-0.2, -0.15) is 26.3 Å². The van der Waals surface area contributed by atoms with Crippen molar-refractivity contribution in [1.82, 2.24) is 60.0 Å². The van der Waals surface area contributed by atoms with Crippen LogP contribution in [0.25, 0.3) is 0 Å². The molecule has 0 radical (unpaired) electrons. The van der Waals surface area contributed by atoms with Gasteiger partial charge >= 0.3 is 12.4 Å². The summed E-state index contributed by atoms with van der Waals surface area (Å²) >= 11 is 0. The molecule has 5 fully saturated rings. The molecular formula is C73H116F8N12O13. The van der Waals surface area contributed by atoms with E-state index in [9.17, 15) is 50.3 Å². The molecule has 6 aliphatic rings. The van der Waals surface area contributed by atoms with Crippen molar-refractivity contribution in [3.8, 4) is 0 Å².